The summed E-state index contributed by atoms with van der Waals surface area (Å²) in [5.41, 5.74) is 18.6. The quantitative estimate of drug-likeness (QED) is 0.0490. The van der Waals surface area contributed by atoms with Crippen LogP contribution in [0, 0.1) is 0 Å². The smallest absolute Gasteiger partial charge is 0.382 e. The molecule has 12 rings (SSSR count). The Morgan fingerprint density at radius 2 is 1.38 bits per heavy atom. The van der Waals surface area contributed by atoms with Crippen LogP contribution in [0.5, 0.6) is 0 Å². The number of carbonyl (C=O) groups excluding carboxylic acids is 3. The molecule has 3 amide bonds. The highest BCUT2D eigenvalue weighted by molar-refractivity contribution is 8.54. The van der Waals surface area contributed by atoms with Crippen molar-refractivity contribution in [1.82, 2.24) is 59.3 Å². The lowest BCUT2D eigenvalue weighted by Gasteiger charge is -2.30. The number of hydrogen-bond acceptors (Lipinski definition) is 22. The number of benzene rings is 3. The number of rotatable bonds is 15. The molecule has 0 saturated carbocycles. The summed E-state index contributed by atoms with van der Waals surface area (Å²) >= 11 is 0.685. The summed E-state index contributed by atoms with van der Waals surface area (Å²) in [5, 5.41) is 14.6. The molecule has 0 radical (unpaired) electrons. The molecule has 4 aliphatic heterocycles. The molecule has 10 atom stereocenters. The number of fused-ring (bicyclic) bond motifs is 9. The Hall–Kier alpha value is -7.60. The number of para-hydroxylation sites is 1. The minimum Gasteiger partial charge on any atom is -0.382 e. The number of alkyl halides is 2. The molecule has 9 heterocycles. The van der Waals surface area contributed by atoms with Crippen LogP contribution in [-0.4, -0.2) is 136 Å². The third-order valence-corrected chi connectivity index (χ3v) is 19.9. The van der Waals surface area contributed by atoms with Gasteiger partial charge >= 0.3 is 6.80 Å². The Kier molecular flexibility index (Phi) is 16.8. The van der Waals surface area contributed by atoms with Crippen molar-refractivity contribution < 1.29 is 59.9 Å². The second-order valence-corrected chi connectivity index (χ2v) is 26.8. The van der Waals surface area contributed by atoms with Crippen LogP contribution in [0.25, 0.3) is 44.8 Å². The molecule has 33 heteroatoms. The summed E-state index contributed by atoms with van der Waals surface area (Å²) < 4.78 is 103. The van der Waals surface area contributed by atoms with E-state index in [0.29, 0.717) is 61.4 Å². The third-order valence-electron chi connectivity index (χ3n) is 15.0. The fourth-order valence-corrected chi connectivity index (χ4v) is 15.3. The Balaban J connectivity index is 0.675. The largest absolute Gasteiger partial charge is 0.389 e. The van der Waals surface area contributed by atoms with Crippen molar-refractivity contribution in [2.45, 2.75) is 107 Å². The number of aromatic nitrogens is 11. The van der Waals surface area contributed by atoms with Crippen molar-refractivity contribution in [1.29, 1.82) is 0 Å². The number of anilines is 4. The Morgan fingerprint density at radius 3 is 2.06 bits per heavy atom. The number of nitrogens with zero attached hydrogens (tertiary/aromatic N) is 12. The van der Waals surface area contributed by atoms with E-state index in [2.05, 4.69) is 50.8 Å². The van der Waals surface area contributed by atoms with Crippen molar-refractivity contribution in [2.24, 2.45) is 0 Å². The molecule has 448 valence electrons. The van der Waals surface area contributed by atoms with Gasteiger partial charge in [-0.15, -0.1) is 5.10 Å². The lowest BCUT2D eigenvalue weighted by atomic mass is 9.95. The van der Waals surface area contributed by atoms with E-state index in [0.717, 1.165) is 41.3 Å². The first-order valence-corrected chi connectivity index (χ1v) is 32.7. The maximum Gasteiger partial charge on any atom is 0.389 e. The van der Waals surface area contributed by atoms with Gasteiger partial charge in [0.15, 0.2) is 47.7 Å². The number of nitrogens with one attached hydrogen (secondary N) is 2. The molecular weight excluding hydrogens is 1180 g/mol. The molecule has 86 heavy (non-hydrogen) atoms. The molecule has 3 fully saturated rings. The third kappa shape index (κ3) is 12.0. The first kappa shape index (κ1) is 58.8. The first-order valence-electron chi connectivity index (χ1n) is 27.6. The summed E-state index contributed by atoms with van der Waals surface area (Å²) in [6.45, 7) is -3.41. The Bertz CT molecular complexity index is 3960. The number of imidazole rings is 2. The van der Waals surface area contributed by atoms with E-state index in [1.54, 1.807) is 24.3 Å². The molecule has 1 unspecified atom stereocenters. The van der Waals surface area contributed by atoms with E-state index < -0.39 is 82.6 Å². The summed E-state index contributed by atoms with van der Waals surface area (Å²) in [4.78, 5) is 65.8. The lowest BCUT2D eigenvalue weighted by Crippen LogP contribution is -2.37. The average Bonchev–Trinajstić information content (AvgIpc) is 1.92. The number of halogens is 2. The zero-order chi connectivity index (χ0) is 59.9. The van der Waals surface area contributed by atoms with Gasteiger partial charge in [0, 0.05) is 42.0 Å². The highest BCUT2D eigenvalue weighted by Crippen LogP contribution is 2.65. The number of amides is 3. The van der Waals surface area contributed by atoms with E-state index in [4.69, 9.17) is 39.0 Å². The molecule has 0 aliphatic carbocycles. The summed E-state index contributed by atoms with van der Waals surface area (Å²) in [6.07, 6.45) is -6.06. The van der Waals surface area contributed by atoms with Crippen LogP contribution < -0.4 is 27.0 Å². The topological polar surface area (TPSA) is 338 Å². The number of ether oxygens (including phenoxy) is 2. The molecular formula is C53H57BF2N16O11P2S. The second kappa shape index (κ2) is 24.6. The maximum atomic E-state index is 17.0. The molecule has 6 N–H and O–H groups in total. The van der Waals surface area contributed by atoms with Crippen molar-refractivity contribution in [3.63, 3.8) is 0 Å². The van der Waals surface area contributed by atoms with Gasteiger partial charge in [-0.25, -0.2) is 47.9 Å². The van der Waals surface area contributed by atoms with Crippen LogP contribution in [0.15, 0.2) is 98.1 Å². The van der Waals surface area contributed by atoms with Crippen molar-refractivity contribution >= 4 is 96.3 Å². The van der Waals surface area contributed by atoms with Crippen molar-refractivity contribution in [3.8, 4) is 22.5 Å². The van der Waals surface area contributed by atoms with Crippen LogP contribution in [0.1, 0.15) is 62.6 Å². The number of hydrogen-bond donors (Lipinski definition) is 4. The van der Waals surface area contributed by atoms with E-state index in [-0.39, 0.29) is 64.5 Å². The van der Waals surface area contributed by atoms with E-state index in [1.807, 2.05) is 65.0 Å². The standard InChI is InChI=1S/C53H57BF2N16O11P2S/c1-2-39(75)69-21-30-10-5-6-11-32(30)42-45(33-12-7-8-13-34(33)69)72(68-67-42)19-9-3-4-14-37(73)59-20-38(74)66-31-17-15-29(16-18-31)24-86-85(77)79-23-36-46(40(55)52(81-36)70-27-64-43-48(57)60-25-62-50(43)70)82-84(54,76)78-22-35-47(83-85)41(56)53(80-35)71-28-65-44-49(58)61-26-63-51(44)71/h5-8,10-13,15-18,25-28,35-36,40-41,46-47,52-53H,2-4,9,14,19-24,54H2,1H3,(H,59,73)(H,66,74)(H2,57,60,62)(H2,58,61,63)/t35-,36-,40-,41-,46-,47-,52-,53-,84?,85-/m1/s1. The number of nitrogen functional groups attached to an aromatic ring is 2. The number of aryl methyl sites for hydroxylation is 1. The fourth-order valence-electron chi connectivity index (χ4n) is 10.8. The second-order valence-electron chi connectivity index (χ2n) is 20.8. The molecule has 8 aromatic rings. The van der Waals surface area contributed by atoms with Gasteiger partial charge in [0.05, 0.1) is 50.3 Å². The number of nitrogens with two attached hydrogens (primary N) is 2. The van der Waals surface area contributed by atoms with Gasteiger partial charge in [-0.3, -0.25) is 37.1 Å². The monoisotopic (exact) mass is 1240 g/mol. The Labute approximate surface area is 493 Å². The number of carbonyl (C=O) groups is 3. The minimum atomic E-state index is -4.57. The average molecular weight is 1240 g/mol. The van der Waals surface area contributed by atoms with Crippen LogP contribution >= 0.6 is 25.7 Å². The predicted octanol–water partition coefficient (Wildman–Crippen LogP) is 6.40. The van der Waals surface area contributed by atoms with Gasteiger partial charge in [0.1, 0.15) is 53.8 Å². The summed E-state index contributed by atoms with van der Waals surface area (Å²) in [5.74, 6) is -0.781. The summed E-state index contributed by atoms with van der Waals surface area (Å²) in [6, 6.07) is 22.2. The molecule has 27 nitrogen and oxygen atoms in total. The zero-order valence-corrected chi connectivity index (χ0v) is 48.8. The van der Waals surface area contributed by atoms with Gasteiger partial charge < -0.3 is 45.5 Å². The van der Waals surface area contributed by atoms with Crippen LogP contribution in [0.2, 0.25) is 0 Å². The SMILES string of the molecule is BP1(=O)OC[C@H]2O[C@@H](n3cnc4c(N)ncnc43)[C@H](F)[C@@H]2O[P@](=O)(SCc2ccc(NC(=O)CNC(=O)CCCCCn3nnc4c3-c3ccccc3N(C(=O)CC)Cc3ccccc3-4)cc2)OC[C@H]2O[C@@H](n3cnc4c(N)ncnc43)[C@H](F)[C@@H]2O1. The molecule has 0 bridgehead atoms. The zero-order valence-electron chi connectivity index (χ0n) is 46.2. The van der Waals surface area contributed by atoms with Crippen LogP contribution in [0.3, 0.4) is 0 Å². The van der Waals surface area contributed by atoms with Gasteiger partial charge in [-0.1, -0.05) is 73.2 Å². The predicted molar refractivity (Wildman–Crippen MR) is 313 cm³/mol. The molecule has 5 aromatic heterocycles. The van der Waals surface area contributed by atoms with Crippen molar-refractivity contribution in [3.05, 3.63) is 109 Å². The molecule has 4 aliphatic rings. The Morgan fingerprint density at radius 1 is 0.756 bits per heavy atom. The minimum absolute atomic E-state index is 0.00569. The normalized spacial score (nSPS) is 25.6. The highest BCUT2D eigenvalue weighted by Gasteiger charge is 2.55. The lowest BCUT2D eigenvalue weighted by molar-refractivity contribution is -0.124. The van der Waals surface area contributed by atoms with Gasteiger partial charge in [0.2, 0.25) is 17.7 Å². The fraction of sp³-hybridized carbons (Fsp3) is 0.377. The van der Waals surface area contributed by atoms with Crippen LogP contribution in [-0.2, 0) is 69.9 Å². The van der Waals surface area contributed by atoms with E-state index in [9.17, 15) is 18.9 Å². The van der Waals surface area contributed by atoms with E-state index in [1.165, 1.54) is 34.4 Å². The van der Waals surface area contributed by atoms with Crippen molar-refractivity contribution in [2.75, 3.05) is 41.4 Å². The van der Waals surface area contributed by atoms with Gasteiger partial charge in [-0.2, -0.15) is 0 Å². The van der Waals surface area contributed by atoms with E-state index >= 15 is 13.3 Å². The van der Waals surface area contributed by atoms with Gasteiger partial charge in [0.25, 0.3) is 15.0 Å². The molecule has 3 aromatic carbocycles. The van der Waals surface area contributed by atoms with Crippen LogP contribution in [0.4, 0.5) is 31.8 Å². The maximum absolute atomic E-state index is 17.0. The molecule has 3 saturated heterocycles. The summed E-state index contributed by atoms with van der Waals surface area (Å²) in [7, 11) is -3.12. The molecule has 0 spiro atoms. The highest BCUT2D eigenvalue weighted by atomic mass is 32.7. The van der Waals surface area contributed by atoms with Gasteiger partial charge in [-0.05, 0) is 53.5 Å². The number of unbranched alkanes of at least 4 members (excludes halogenated alkanes) is 2. The first-order chi connectivity index (χ1) is 41.5.